The van der Waals surface area contributed by atoms with E-state index in [1.807, 2.05) is 51.1 Å². The van der Waals surface area contributed by atoms with Crippen molar-refractivity contribution in [2.24, 2.45) is 5.92 Å². The van der Waals surface area contributed by atoms with Crippen LogP contribution in [0.1, 0.15) is 30.5 Å². The summed E-state index contributed by atoms with van der Waals surface area (Å²) in [5.74, 6) is -0.913. The summed E-state index contributed by atoms with van der Waals surface area (Å²) >= 11 is 25.6. The number of sulfonamides is 1. The Hall–Kier alpha value is -3.27. The number of halogens is 4. The maximum absolute atomic E-state index is 14.6. The Morgan fingerprint density at radius 1 is 0.809 bits per heavy atom. The third-order valence-electron chi connectivity index (χ3n) is 7.38. The fourth-order valence-electron chi connectivity index (χ4n) is 4.84. The lowest BCUT2D eigenvalue weighted by Gasteiger charge is -2.34. The van der Waals surface area contributed by atoms with Crippen LogP contribution in [0.2, 0.25) is 20.1 Å². The minimum Gasteiger partial charge on any atom is -0.354 e. The van der Waals surface area contributed by atoms with E-state index in [-0.39, 0.29) is 39.5 Å². The van der Waals surface area contributed by atoms with E-state index >= 15 is 0 Å². The molecule has 1 N–H and O–H groups in total. The topological polar surface area (TPSA) is 86.8 Å². The number of hydrogen-bond acceptors (Lipinski definition) is 4. The highest BCUT2D eigenvalue weighted by molar-refractivity contribution is 7.92. The fourth-order valence-corrected chi connectivity index (χ4v) is 7.17. The highest BCUT2D eigenvalue weighted by Gasteiger charge is 2.35. The molecule has 2 amide bonds. The van der Waals surface area contributed by atoms with Gasteiger partial charge >= 0.3 is 0 Å². The van der Waals surface area contributed by atoms with Crippen LogP contribution in [0.4, 0.5) is 5.69 Å². The zero-order chi connectivity index (χ0) is 34.3. The number of hydrogen-bond donors (Lipinski definition) is 1. The number of nitrogens with one attached hydrogen (secondary N) is 1. The van der Waals surface area contributed by atoms with Gasteiger partial charge in [-0.05, 0) is 66.4 Å². The molecule has 0 saturated heterocycles. The van der Waals surface area contributed by atoms with E-state index in [0.29, 0.717) is 22.2 Å². The molecule has 0 aliphatic rings. The summed E-state index contributed by atoms with van der Waals surface area (Å²) in [7, 11) is -4.35. The molecule has 0 aliphatic heterocycles. The van der Waals surface area contributed by atoms with Crippen LogP contribution < -0.4 is 9.62 Å². The SMILES string of the molecule is Cc1ccc(S(=O)(=O)N(CC(=O)N(Cc2ccc(Cl)cc2Cl)[C@@H](Cc2ccccc2)C(=O)NCC(C)C)c2cc(Cl)ccc2Cl)cc1. The largest absolute Gasteiger partial charge is 0.354 e. The van der Waals surface area contributed by atoms with E-state index in [4.69, 9.17) is 46.4 Å². The number of anilines is 1. The minimum absolute atomic E-state index is 0.0152. The summed E-state index contributed by atoms with van der Waals surface area (Å²) in [5.41, 5.74) is 2.20. The standard InChI is InChI=1S/C35H35Cl4N3O4S/c1-23(2)20-40-35(44)33(17-25-7-5-4-6-8-25)41(21-26-11-12-27(36)18-31(26)39)34(43)22-42(32-19-28(37)13-16-30(32)38)47(45,46)29-14-9-24(3)10-15-29/h4-16,18-19,23,33H,17,20-22H2,1-3H3,(H,40,44)/t33-/m0/s1. The molecule has 0 heterocycles. The van der Waals surface area contributed by atoms with Gasteiger partial charge in [0.05, 0.1) is 15.6 Å². The van der Waals surface area contributed by atoms with Crippen LogP contribution in [-0.2, 0) is 32.6 Å². The normalized spacial score (nSPS) is 12.1. The number of rotatable bonds is 13. The van der Waals surface area contributed by atoms with Gasteiger partial charge in [-0.1, -0.05) is 114 Å². The number of carbonyl (C=O) groups is 2. The Morgan fingerprint density at radius 2 is 1.45 bits per heavy atom. The number of aryl methyl sites for hydroxylation is 1. The Bertz CT molecular complexity index is 1820. The number of nitrogens with zero attached hydrogens (tertiary/aromatic N) is 2. The first-order chi connectivity index (χ1) is 22.3. The fraction of sp³-hybridized carbons (Fsp3) is 0.257. The van der Waals surface area contributed by atoms with E-state index < -0.39 is 34.4 Å². The third-order valence-corrected chi connectivity index (χ3v) is 10.3. The molecule has 47 heavy (non-hydrogen) atoms. The lowest BCUT2D eigenvalue weighted by Crippen LogP contribution is -2.53. The number of amides is 2. The lowest BCUT2D eigenvalue weighted by atomic mass is 10.0. The molecule has 0 aromatic heterocycles. The maximum Gasteiger partial charge on any atom is 0.264 e. The zero-order valence-electron chi connectivity index (χ0n) is 26.1. The Kier molecular flexibility index (Phi) is 12.6. The van der Waals surface area contributed by atoms with Crippen molar-refractivity contribution in [3.8, 4) is 0 Å². The van der Waals surface area contributed by atoms with Crippen molar-refractivity contribution in [3.63, 3.8) is 0 Å². The third kappa shape index (κ3) is 9.64. The summed E-state index contributed by atoms with van der Waals surface area (Å²) in [4.78, 5) is 29.8. The molecule has 4 rings (SSSR count). The van der Waals surface area contributed by atoms with Crippen LogP contribution in [0.5, 0.6) is 0 Å². The van der Waals surface area contributed by atoms with Crippen molar-refractivity contribution in [1.82, 2.24) is 10.2 Å². The summed E-state index contributed by atoms with van der Waals surface area (Å²) in [6, 6.07) is 23.7. The number of carbonyl (C=O) groups excluding carboxylic acids is 2. The van der Waals surface area contributed by atoms with Crippen molar-refractivity contribution < 1.29 is 18.0 Å². The highest BCUT2D eigenvalue weighted by Crippen LogP contribution is 2.34. The van der Waals surface area contributed by atoms with Gasteiger partial charge in [0.25, 0.3) is 10.0 Å². The van der Waals surface area contributed by atoms with Gasteiger partial charge in [-0.3, -0.25) is 13.9 Å². The van der Waals surface area contributed by atoms with Crippen molar-refractivity contribution in [3.05, 3.63) is 128 Å². The molecule has 0 radical (unpaired) electrons. The molecule has 1 atom stereocenters. The molecule has 0 bridgehead atoms. The van der Waals surface area contributed by atoms with Gasteiger partial charge in [-0.2, -0.15) is 0 Å². The molecular formula is C35H35Cl4N3O4S. The number of benzene rings is 4. The average Bonchev–Trinajstić information content (AvgIpc) is 3.03. The molecular weight excluding hydrogens is 700 g/mol. The van der Waals surface area contributed by atoms with Gasteiger partial charge in [-0.25, -0.2) is 8.42 Å². The molecule has 4 aromatic carbocycles. The van der Waals surface area contributed by atoms with Crippen LogP contribution in [-0.4, -0.2) is 44.3 Å². The molecule has 0 saturated carbocycles. The van der Waals surface area contributed by atoms with Crippen LogP contribution >= 0.6 is 46.4 Å². The highest BCUT2D eigenvalue weighted by atomic mass is 35.5. The summed E-state index contributed by atoms with van der Waals surface area (Å²) in [5, 5.41) is 3.94. The first-order valence-corrected chi connectivity index (χ1v) is 17.8. The maximum atomic E-state index is 14.6. The van der Waals surface area contributed by atoms with Gasteiger partial charge in [0.1, 0.15) is 12.6 Å². The van der Waals surface area contributed by atoms with Gasteiger partial charge in [0.2, 0.25) is 11.8 Å². The van der Waals surface area contributed by atoms with Crippen molar-refractivity contribution in [2.45, 2.75) is 44.7 Å². The van der Waals surface area contributed by atoms with Crippen LogP contribution in [0.25, 0.3) is 0 Å². The second kappa shape index (κ2) is 16.2. The Morgan fingerprint density at radius 3 is 2.09 bits per heavy atom. The Labute approximate surface area is 296 Å². The summed E-state index contributed by atoms with van der Waals surface area (Å²) in [6.07, 6.45) is 0.157. The molecule has 0 spiro atoms. The predicted molar refractivity (Wildman–Crippen MR) is 191 cm³/mol. The molecule has 12 heteroatoms. The van der Waals surface area contributed by atoms with Crippen LogP contribution in [0, 0.1) is 12.8 Å². The first kappa shape index (κ1) is 36.6. The molecule has 4 aromatic rings. The van der Waals surface area contributed by atoms with E-state index in [9.17, 15) is 18.0 Å². The van der Waals surface area contributed by atoms with Gasteiger partial charge in [-0.15, -0.1) is 0 Å². The zero-order valence-corrected chi connectivity index (χ0v) is 29.9. The monoisotopic (exact) mass is 733 g/mol. The van der Waals surface area contributed by atoms with E-state index in [1.54, 1.807) is 30.3 Å². The minimum atomic E-state index is -4.35. The quantitative estimate of drug-likeness (QED) is 0.150. The van der Waals surface area contributed by atoms with Crippen LogP contribution in [0.3, 0.4) is 0 Å². The van der Waals surface area contributed by atoms with Crippen molar-refractivity contribution in [2.75, 3.05) is 17.4 Å². The molecule has 0 fully saturated rings. The van der Waals surface area contributed by atoms with Gasteiger partial charge in [0.15, 0.2) is 0 Å². The molecule has 7 nitrogen and oxygen atoms in total. The van der Waals surface area contributed by atoms with Crippen molar-refractivity contribution in [1.29, 1.82) is 0 Å². The van der Waals surface area contributed by atoms with Gasteiger partial charge < -0.3 is 10.2 Å². The summed E-state index contributed by atoms with van der Waals surface area (Å²) in [6.45, 7) is 5.34. The predicted octanol–water partition coefficient (Wildman–Crippen LogP) is 8.22. The second-order valence-electron chi connectivity index (χ2n) is 11.5. The van der Waals surface area contributed by atoms with Crippen molar-refractivity contribution >= 4 is 73.9 Å². The smallest absolute Gasteiger partial charge is 0.264 e. The molecule has 248 valence electrons. The van der Waals surface area contributed by atoms with Crippen LogP contribution in [0.15, 0.2) is 95.9 Å². The van der Waals surface area contributed by atoms with E-state index in [1.165, 1.54) is 35.2 Å². The average molecular weight is 736 g/mol. The van der Waals surface area contributed by atoms with E-state index in [0.717, 1.165) is 15.4 Å². The van der Waals surface area contributed by atoms with Gasteiger partial charge in [0, 0.05) is 34.6 Å². The summed E-state index contributed by atoms with van der Waals surface area (Å²) < 4.78 is 29.4. The first-order valence-electron chi connectivity index (χ1n) is 14.9. The molecule has 0 aliphatic carbocycles. The lowest BCUT2D eigenvalue weighted by molar-refractivity contribution is -0.140. The Balaban J connectivity index is 1.85. The molecule has 0 unspecified atom stereocenters. The second-order valence-corrected chi connectivity index (χ2v) is 15.1. The van der Waals surface area contributed by atoms with E-state index in [2.05, 4.69) is 5.32 Å².